The van der Waals surface area contributed by atoms with Crippen LogP contribution in [0.2, 0.25) is 0 Å². The summed E-state index contributed by atoms with van der Waals surface area (Å²) in [5, 5.41) is 45.7. The average molecular weight is 989 g/mol. The topological polar surface area (TPSA) is 366 Å². The number of carbonyl (C=O) groups is 8. The number of imidazole rings is 1. The Morgan fingerprint density at radius 1 is 0.718 bits per heavy atom. The molecule has 1 aliphatic rings. The minimum atomic E-state index is -1.45. The molecule has 14 N–H and O–H groups in total. The van der Waals surface area contributed by atoms with E-state index in [-0.39, 0.29) is 63.3 Å². The van der Waals surface area contributed by atoms with E-state index in [4.69, 9.17) is 11.5 Å². The van der Waals surface area contributed by atoms with E-state index in [1.54, 1.807) is 58.0 Å². The molecular weight excluding hydrogens is 921 g/mol. The molecule has 2 heterocycles. The van der Waals surface area contributed by atoms with Gasteiger partial charge < -0.3 is 68.6 Å². The number of benzene rings is 2. The maximum absolute atomic E-state index is 14.5. The van der Waals surface area contributed by atoms with Gasteiger partial charge in [0.05, 0.1) is 6.33 Å². The van der Waals surface area contributed by atoms with Gasteiger partial charge >= 0.3 is 5.97 Å². The molecule has 23 heteroatoms. The molecular formula is C48H68N12O11. The van der Waals surface area contributed by atoms with Crippen LogP contribution < -0.4 is 43.4 Å². The summed E-state index contributed by atoms with van der Waals surface area (Å²) in [6, 6.07) is 5.84. The number of guanidine groups is 1. The van der Waals surface area contributed by atoms with Crippen LogP contribution in [0.5, 0.6) is 5.75 Å². The number of aromatic amines is 1. The van der Waals surface area contributed by atoms with Crippen LogP contribution >= 0.6 is 0 Å². The normalized spacial score (nSPS) is 16.3. The highest BCUT2D eigenvalue weighted by atomic mass is 16.4. The quantitative estimate of drug-likeness (QED) is 0.0258. The Morgan fingerprint density at radius 2 is 1.28 bits per heavy atom. The van der Waals surface area contributed by atoms with Crippen LogP contribution in [0.15, 0.2) is 72.1 Å². The van der Waals surface area contributed by atoms with Crippen LogP contribution in [0.4, 0.5) is 0 Å². The summed E-state index contributed by atoms with van der Waals surface area (Å²) in [5.74, 6) is -7.91. The number of aromatic nitrogens is 2. The number of nitrogens with one attached hydrogen (secondary N) is 7. The first-order valence-electron chi connectivity index (χ1n) is 23.5. The van der Waals surface area contributed by atoms with Gasteiger partial charge in [-0.05, 0) is 67.7 Å². The van der Waals surface area contributed by atoms with E-state index in [0.717, 1.165) is 0 Å². The zero-order chi connectivity index (χ0) is 52.4. The largest absolute Gasteiger partial charge is 0.508 e. The van der Waals surface area contributed by atoms with Crippen molar-refractivity contribution in [2.45, 2.75) is 128 Å². The van der Waals surface area contributed by atoms with Crippen molar-refractivity contribution < 1.29 is 53.7 Å². The van der Waals surface area contributed by atoms with E-state index in [9.17, 15) is 53.7 Å². The van der Waals surface area contributed by atoms with Gasteiger partial charge in [0.1, 0.15) is 54.1 Å². The first kappa shape index (κ1) is 56.0. The number of aliphatic hydroxyl groups excluding tert-OH is 1. The molecule has 0 unspecified atom stereocenters. The fourth-order valence-corrected chi connectivity index (χ4v) is 7.88. The van der Waals surface area contributed by atoms with Gasteiger partial charge in [-0.1, -0.05) is 70.2 Å². The van der Waals surface area contributed by atoms with Gasteiger partial charge in [0.25, 0.3) is 0 Å². The highest BCUT2D eigenvalue weighted by molar-refractivity contribution is 5.98. The molecule has 3 aromatic rings. The third-order valence-corrected chi connectivity index (χ3v) is 11.8. The lowest BCUT2D eigenvalue weighted by molar-refractivity contribution is -0.145. The Morgan fingerprint density at radius 3 is 1.83 bits per heavy atom. The number of likely N-dealkylation sites (tertiary alicyclic amines) is 1. The Kier molecular flexibility index (Phi) is 21.3. The summed E-state index contributed by atoms with van der Waals surface area (Å²) in [6.07, 6.45) is 2.11. The lowest BCUT2D eigenvalue weighted by Gasteiger charge is -2.31. The number of amides is 7. The summed E-state index contributed by atoms with van der Waals surface area (Å²) in [7, 11) is 0. The van der Waals surface area contributed by atoms with E-state index < -0.39 is 108 Å². The molecule has 1 fully saturated rings. The third-order valence-electron chi connectivity index (χ3n) is 11.8. The Balaban J connectivity index is 1.56. The number of aliphatic hydroxyl groups is 1. The predicted octanol–water partition coefficient (Wildman–Crippen LogP) is -1.13. The second-order valence-corrected chi connectivity index (χ2v) is 18.2. The van der Waals surface area contributed by atoms with Crippen LogP contribution in [-0.2, 0) is 57.6 Å². The summed E-state index contributed by atoms with van der Waals surface area (Å²) < 4.78 is 0. The number of rotatable bonds is 26. The van der Waals surface area contributed by atoms with Gasteiger partial charge in [0, 0.05) is 44.2 Å². The Bertz CT molecular complexity index is 2310. The number of nitrogens with zero attached hydrogens (tertiary/aromatic N) is 3. The molecule has 1 saturated heterocycles. The van der Waals surface area contributed by atoms with Crippen molar-refractivity contribution in [3.05, 3.63) is 83.9 Å². The number of carboxylic acids is 1. The molecule has 0 aliphatic carbocycles. The minimum absolute atomic E-state index is 0.00820. The van der Waals surface area contributed by atoms with E-state index in [1.165, 1.54) is 48.6 Å². The van der Waals surface area contributed by atoms with Crippen LogP contribution in [0.25, 0.3) is 0 Å². The molecule has 4 rings (SSSR count). The number of aliphatic imine (C=N–C) groups is 1. The lowest BCUT2D eigenvalue weighted by atomic mass is 9.98. The summed E-state index contributed by atoms with van der Waals surface area (Å²) in [4.78, 5) is 122. The number of H-pyrrole nitrogens is 1. The van der Waals surface area contributed by atoms with Crippen LogP contribution in [0.3, 0.4) is 0 Å². The molecule has 0 saturated carbocycles. The van der Waals surface area contributed by atoms with Gasteiger partial charge in [-0.3, -0.25) is 38.6 Å². The summed E-state index contributed by atoms with van der Waals surface area (Å²) >= 11 is 0. The fourth-order valence-electron chi connectivity index (χ4n) is 7.88. The van der Waals surface area contributed by atoms with Crippen molar-refractivity contribution in [1.82, 2.24) is 46.8 Å². The highest BCUT2D eigenvalue weighted by Crippen LogP contribution is 2.21. The molecule has 1 aromatic heterocycles. The zero-order valence-corrected chi connectivity index (χ0v) is 40.6. The molecule has 71 heavy (non-hydrogen) atoms. The number of nitrogens with two attached hydrogens (primary N) is 2. The van der Waals surface area contributed by atoms with E-state index in [2.05, 4.69) is 46.9 Å². The molecule has 0 bridgehead atoms. The summed E-state index contributed by atoms with van der Waals surface area (Å²) in [5.41, 5.74) is 12.5. The van der Waals surface area contributed by atoms with Gasteiger partial charge in [0.15, 0.2) is 5.96 Å². The SMILES string of the molecule is CC(C)[C@H](NC(=O)[C@H](CCCN=C(N)N)NC(=O)[C@H](C)O)C(=O)N[C@@H](Cc1ccc(O)cc1)C(=O)N[C@H](C(=O)N[C@@H](Cc1cnc[nH]1)C(=O)N1CCC[C@H]1C(=O)N[C@@H](Cc1ccccc1)C(=O)O)C(C)C. The number of phenols is 1. The maximum Gasteiger partial charge on any atom is 0.326 e. The van der Waals surface area contributed by atoms with Crippen LogP contribution in [0.1, 0.15) is 77.1 Å². The highest BCUT2D eigenvalue weighted by Gasteiger charge is 2.41. The molecule has 23 nitrogen and oxygen atoms in total. The molecule has 0 radical (unpaired) electrons. The molecule has 2 aromatic carbocycles. The molecule has 7 amide bonds. The maximum atomic E-state index is 14.5. The Hall–Kier alpha value is -7.56. The zero-order valence-electron chi connectivity index (χ0n) is 40.6. The fraction of sp³-hybridized carbons (Fsp3) is 0.500. The first-order chi connectivity index (χ1) is 33.6. The average Bonchev–Trinajstić information content (AvgIpc) is 4.04. The number of phenolic OH excluding ortho intramolecular Hbond substituents is 1. The molecule has 1 aliphatic heterocycles. The van der Waals surface area contributed by atoms with Crippen molar-refractivity contribution in [1.29, 1.82) is 0 Å². The standard InChI is InChI=1S/C48H68N12O11/c1-26(2)38(58-41(64)33(54-40(63)28(5)61)13-9-19-52-48(49)50)44(67)55-34(21-30-15-17-32(62)18-16-30)42(65)59-39(27(3)4)45(68)56-35(23-31-24-51-25-53-31)46(69)60-20-10-14-37(60)43(66)57-36(47(70)71)22-29-11-7-6-8-12-29/h6-8,11-12,15-18,24-28,33-39,61-62H,9-10,13-14,19-23H2,1-5H3,(H,51,53)(H,54,63)(H,55,67)(H,56,68)(H,57,66)(H,58,64)(H,59,65)(H,70,71)(H4,49,50,52)/t28-,33-,34-,35-,36-,37-,38-,39-/m0/s1. The van der Waals surface area contributed by atoms with Gasteiger partial charge in [-0.15, -0.1) is 0 Å². The van der Waals surface area contributed by atoms with Crippen LogP contribution in [0, 0.1) is 11.8 Å². The van der Waals surface area contributed by atoms with E-state index in [1.807, 2.05) is 0 Å². The number of carbonyl (C=O) groups excluding carboxylic acids is 7. The van der Waals surface area contributed by atoms with E-state index >= 15 is 0 Å². The second-order valence-electron chi connectivity index (χ2n) is 18.2. The molecule has 8 atom stereocenters. The molecule has 0 spiro atoms. The first-order valence-corrected chi connectivity index (χ1v) is 23.5. The predicted molar refractivity (Wildman–Crippen MR) is 259 cm³/mol. The Labute approximate surface area is 411 Å². The number of aliphatic carboxylic acids is 1. The number of hydrogen-bond acceptors (Lipinski definition) is 12. The van der Waals surface area contributed by atoms with Crippen molar-refractivity contribution >= 4 is 53.3 Å². The number of aromatic hydroxyl groups is 1. The third kappa shape index (κ3) is 17.4. The van der Waals surface area contributed by atoms with Gasteiger partial charge in [-0.25, -0.2) is 9.78 Å². The minimum Gasteiger partial charge on any atom is -0.508 e. The van der Waals surface area contributed by atoms with Crippen molar-refractivity contribution in [2.75, 3.05) is 13.1 Å². The number of carboxylic acid groups (broad SMARTS) is 1. The molecule has 386 valence electrons. The van der Waals surface area contributed by atoms with Gasteiger partial charge in [-0.2, -0.15) is 0 Å². The van der Waals surface area contributed by atoms with Gasteiger partial charge in [0.2, 0.25) is 41.4 Å². The lowest BCUT2D eigenvalue weighted by Crippen LogP contribution is -2.61. The van der Waals surface area contributed by atoms with Crippen molar-refractivity contribution in [3.8, 4) is 5.75 Å². The summed E-state index contributed by atoms with van der Waals surface area (Å²) in [6.45, 7) is 8.11. The monoisotopic (exact) mass is 989 g/mol. The number of hydrogen-bond donors (Lipinski definition) is 12. The van der Waals surface area contributed by atoms with Crippen molar-refractivity contribution in [2.24, 2.45) is 28.3 Å². The second kappa shape index (κ2) is 27.0. The van der Waals surface area contributed by atoms with Crippen molar-refractivity contribution in [3.63, 3.8) is 0 Å². The van der Waals surface area contributed by atoms with Crippen LogP contribution in [-0.4, -0.2) is 145 Å². The smallest absolute Gasteiger partial charge is 0.326 e. The van der Waals surface area contributed by atoms with E-state index in [0.29, 0.717) is 23.2 Å².